The predicted molar refractivity (Wildman–Crippen MR) is 86.0 cm³/mol. The minimum Gasteiger partial charge on any atom is -0.366 e. The van der Waals surface area contributed by atoms with Crippen molar-refractivity contribution in [3.8, 4) is 11.4 Å². The van der Waals surface area contributed by atoms with Crippen LogP contribution in [0.1, 0.15) is 11.1 Å². The Kier molecular flexibility index (Phi) is 3.92. The van der Waals surface area contributed by atoms with Crippen LogP contribution in [0, 0.1) is 6.92 Å². The van der Waals surface area contributed by atoms with Gasteiger partial charge in [-0.25, -0.2) is 9.97 Å². The van der Waals surface area contributed by atoms with E-state index in [1.54, 1.807) is 0 Å². The fourth-order valence-electron chi connectivity index (χ4n) is 2.13. The Labute approximate surface area is 124 Å². The molecule has 0 bridgehead atoms. The summed E-state index contributed by atoms with van der Waals surface area (Å²) in [6.07, 6.45) is 1.86. The molecular formula is C18H17N3. The summed E-state index contributed by atoms with van der Waals surface area (Å²) >= 11 is 0. The Morgan fingerprint density at radius 1 is 0.905 bits per heavy atom. The summed E-state index contributed by atoms with van der Waals surface area (Å²) < 4.78 is 0. The Hall–Kier alpha value is -2.68. The number of nitrogens with zero attached hydrogens (tertiary/aromatic N) is 2. The third-order valence-electron chi connectivity index (χ3n) is 3.31. The molecule has 0 saturated carbocycles. The van der Waals surface area contributed by atoms with Crippen molar-refractivity contribution in [3.05, 3.63) is 78.0 Å². The van der Waals surface area contributed by atoms with Crippen molar-refractivity contribution in [2.24, 2.45) is 0 Å². The molecule has 1 aromatic heterocycles. The van der Waals surface area contributed by atoms with Crippen LogP contribution >= 0.6 is 0 Å². The molecular weight excluding hydrogens is 258 g/mol. The van der Waals surface area contributed by atoms with Crippen LogP contribution in [0.3, 0.4) is 0 Å². The van der Waals surface area contributed by atoms with Crippen LogP contribution in [0.2, 0.25) is 0 Å². The van der Waals surface area contributed by atoms with Gasteiger partial charge in [-0.2, -0.15) is 0 Å². The van der Waals surface area contributed by atoms with E-state index in [0.717, 1.165) is 29.3 Å². The minimum absolute atomic E-state index is 0.747. The maximum absolute atomic E-state index is 4.64. The first-order chi connectivity index (χ1) is 10.3. The van der Waals surface area contributed by atoms with E-state index >= 15 is 0 Å². The summed E-state index contributed by atoms with van der Waals surface area (Å²) in [5.41, 5.74) is 3.31. The second-order valence-electron chi connectivity index (χ2n) is 4.93. The average Bonchev–Trinajstić information content (AvgIpc) is 2.56. The van der Waals surface area contributed by atoms with E-state index in [0.29, 0.717) is 0 Å². The van der Waals surface area contributed by atoms with Gasteiger partial charge < -0.3 is 5.32 Å². The summed E-state index contributed by atoms with van der Waals surface area (Å²) in [4.78, 5) is 9.05. The molecule has 0 aliphatic heterocycles. The number of hydrogen-bond acceptors (Lipinski definition) is 3. The van der Waals surface area contributed by atoms with Gasteiger partial charge in [0.15, 0.2) is 5.82 Å². The van der Waals surface area contributed by atoms with E-state index in [1.165, 1.54) is 5.56 Å². The molecule has 0 fully saturated rings. The molecule has 3 rings (SSSR count). The van der Waals surface area contributed by atoms with Crippen molar-refractivity contribution < 1.29 is 0 Å². The van der Waals surface area contributed by atoms with E-state index in [1.807, 2.05) is 61.7 Å². The summed E-state index contributed by atoms with van der Waals surface area (Å²) in [7, 11) is 0. The lowest BCUT2D eigenvalue weighted by Crippen LogP contribution is -2.04. The Morgan fingerprint density at radius 2 is 1.57 bits per heavy atom. The number of aryl methyl sites for hydroxylation is 1. The van der Waals surface area contributed by atoms with Crippen LogP contribution in [-0.2, 0) is 6.54 Å². The van der Waals surface area contributed by atoms with Crippen molar-refractivity contribution in [1.29, 1.82) is 0 Å². The SMILES string of the molecule is Cc1cnc(-c2ccccc2)nc1NCc1ccccc1. The van der Waals surface area contributed by atoms with Gasteiger partial charge in [-0.1, -0.05) is 60.7 Å². The lowest BCUT2D eigenvalue weighted by molar-refractivity contribution is 1.06. The van der Waals surface area contributed by atoms with Gasteiger partial charge in [-0.05, 0) is 12.5 Å². The first-order valence-corrected chi connectivity index (χ1v) is 7.00. The van der Waals surface area contributed by atoms with Gasteiger partial charge in [0.2, 0.25) is 0 Å². The van der Waals surface area contributed by atoms with Gasteiger partial charge in [-0.15, -0.1) is 0 Å². The Bertz CT molecular complexity index is 709. The molecule has 0 atom stereocenters. The van der Waals surface area contributed by atoms with Crippen molar-refractivity contribution in [2.45, 2.75) is 13.5 Å². The molecule has 104 valence electrons. The number of aromatic nitrogens is 2. The standard InChI is InChI=1S/C18H17N3/c1-14-12-19-18(16-10-6-3-7-11-16)21-17(14)20-13-15-8-4-2-5-9-15/h2-12H,13H2,1H3,(H,19,20,21). The molecule has 1 N–H and O–H groups in total. The van der Waals surface area contributed by atoms with Crippen LogP contribution in [0.5, 0.6) is 0 Å². The van der Waals surface area contributed by atoms with Crippen LogP contribution in [0.15, 0.2) is 66.9 Å². The van der Waals surface area contributed by atoms with Crippen LogP contribution in [0.25, 0.3) is 11.4 Å². The highest BCUT2D eigenvalue weighted by atomic mass is 15.0. The number of anilines is 1. The first kappa shape index (κ1) is 13.3. The quantitative estimate of drug-likeness (QED) is 0.780. The smallest absolute Gasteiger partial charge is 0.161 e. The zero-order chi connectivity index (χ0) is 14.5. The van der Waals surface area contributed by atoms with Crippen LogP contribution in [-0.4, -0.2) is 9.97 Å². The monoisotopic (exact) mass is 275 g/mol. The van der Waals surface area contributed by atoms with Crippen molar-refractivity contribution >= 4 is 5.82 Å². The van der Waals surface area contributed by atoms with Gasteiger partial charge >= 0.3 is 0 Å². The zero-order valence-corrected chi connectivity index (χ0v) is 12.0. The molecule has 0 amide bonds. The maximum Gasteiger partial charge on any atom is 0.161 e. The Morgan fingerprint density at radius 3 is 2.29 bits per heavy atom. The van der Waals surface area contributed by atoms with Gasteiger partial charge in [0.05, 0.1) is 0 Å². The fourth-order valence-corrected chi connectivity index (χ4v) is 2.13. The molecule has 0 saturated heterocycles. The zero-order valence-electron chi connectivity index (χ0n) is 12.0. The number of nitrogens with one attached hydrogen (secondary N) is 1. The lowest BCUT2D eigenvalue weighted by Gasteiger charge is -2.10. The molecule has 0 aliphatic rings. The first-order valence-electron chi connectivity index (χ1n) is 7.00. The van der Waals surface area contributed by atoms with Crippen molar-refractivity contribution in [2.75, 3.05) is 5.32 Å². The molecule has 0 radical (unpaired) electrons. The summed E-state index contributed by atoms with van der Waals surface area (Å²) in [5.74, 6) is 1.63. The van der Waals surface area contributed by atoms with E-state index in [2.05, 4.69) is 27.4 Å². The molecule has 1 heterocycles. The molecule has 3 nitrogen and oxygen atoms in total. The average molecular weight is 275 g/mol. The van der Waals surface area contributed by atoms with Crippen LogP contribution in [0.4, 0.5) is 5.82 Å². The number of rotatable bonds is 4. The lowest BCUT2D eigenvalue weighted by atomic mass is 10.2. The normalized spacial score (nSPS) is 10.3. The van der Waals surface area contributed by atoms with Gasteiger partial charge in [0, 0.05) is 23.9 Å². The van der Waals surface area contributed by atoms with Gasteiger partial charge in [-0.3, -0.25) is 0 Å². The maximum atomic E-state index is 4.64. The topological polar surface area (TPSA) is 37.8 Å². The highest BCUT2D eigenvalue weighted by Gasteiger charge is 2.05. The van der Waals surface area contributed by atoms with Crippen molar-refractivity contribution in [1.82, 2.24) is 9.97 Å². The summed E-state index contributed by atoms with van der Waals surface area (Å²) in [6, 6.07) is 20.3. The molecule has 0 spiro atoms. The highest BCUT2D eigenvalue weighted by molar-refractivity contribution is 5.58. The third-order valence-corrected chi connectivity index (χ3v) is 3.31. The third kappa shape index (κ3) is 3.26. The highest BCUT2D eigenvalue weighted by Crippen LogP contribution is 2.19. The molecule has 0 unspecified atom stereocenters. The minimum atomic E-state index is 0.747. The molecule has 3 heteroatoms. The van der Waals surface area contributed by atoms with E-state index in [-0.39, 0.29) is 0 Å². The molecule has 0 aliphatic carbocycles. The summed E-state index contributed by atoms with van der Waals surface area (Å²) in [5, 5.41) is 3.39. The number of benzene rings is 2. The fraction of sp³-hybridized carbons (Fsp3) is 0.111. The Balaban J connectivity index is 1.82. The second-order valence-corrected chi connectivity index (χ2v) is 4.93. The molecule has 3 aromatic rings. The molecule has 2 aromatic carbocycles. The van der Waals surface area contributed by atoms with Gasteiger partial charge in [0.25, 0.3) is 0 Å². The van der Waals surface area contributed by atoms with Crippen LogP contribution < -0.4 is 5.32 Å². The van der Waals surface area contributed by atoms with E-state index in [9.17, 15) is 0 Å². The summed E-state index contributed by atoms with van der Waals surface area (Å²) in [6.45, 7) is 2.77. The van der Waals surface area contributed by atoms with Crippen molar-refractivity contribution in [3.63, 3.8) is 0 Å². The number of hydrogen-bond donors (Lipinski definition) is 1. The molecule has 21 heavy (non-hydrogen) atoms. The van der Waals surface area contributed by atoms with E-state index < -0.39 is 0 Å². The largest absolute Gasteiger partial charge is 0.366 e. The van der Waals surface area contributed by atoms with Gasteiger partial charge in [0.1, 0.15) is 5.82 Å². The predicted octanol–water partition coefficient (Wildman–Crippen LogP) is 4.06. The second kappa shape index (κ2) is 6.18. The van der Waals surface area contributed by atoms with E-state index in [4.69, 9.17) is 0 Å².